The van der Waals surface area contributed by atoms with Gasteiger partial charge in [-0.1, -0.05) is 0 Å². The molecule has 26 heavy (non-hydrogen) atoms. The zero-order chi connectivity index (χ0) is 18.2. The highest BCUT2D eigenvalue weighted by Gasteiger charge is 2.22. The number of furan rings is 1. The number of aliphatic hydroxyl groups excluding tert-OH is 1. The predicted molar refractivity (Wildman–Crippen MR) is 97.5 cm³/mol. The molecule has 142 valence electrons. The fourth-order valence-electron chi connectivity index (χ4n) is 3.12. The Morgan fingerprint density at radius 3 is 2.69 bits per heavy atom. The summed E-state index contributed by atoms with van der Waals surface area (Å²) in [5, 5.41) is 10.4. The normalized spacial score (nSPS) is 18.2. The van der Waals surface area contributed by atoms with Crippen molar-refractivity contribution in [1.29, 1.82) is 0 Å². The van der Waals surface area contributed by atoms with E-state index in [1.165, 1.54) is 0 Å². The van der Waals surface area contributed by atoms with Crippen LogP contribution in [0.2, 0.25) is 0 Å². The third-order valence-corrected chi connectivity index (χ3v) is 4.42. The molecule has 0 amide bonds. The highest BCUT2D eigenvalue weighted by Crippen LogP contribution is 2.18. The van der Waals surface area contributed by atoms with Gasteiger partial charge >= 0.3 is 0 Å². The predicted octanol–water partition coefficient (Wildman–Crippen LogP) is 2.71. The van der Waals surface area contributed by atoms with Crippen LogP contribution in [0.25, 0.3) is 0 Å². The summed E-state index contributed by atoms with van der Waals surface area (Å²) in [6, 6.07) is 11.2. The zero-order valence-corrected chi connectivity index (χ0v) is 15.2. The van der Waals surface area contributed by atoms with Gasteiger partial charge in [0.15, 0.2) is 0 Å². The van der Waals surface area contributed by atoms with Gasteiger partial charge in [-0.25, -0.2) is 0 Å². The summed E-state index contributed by atoms with van der Waals surface area (Å²) in [6.07, 6.45) is 3.45. The van der Waals surface area contributed by atoms with E-state index in [2.05, 4.69) is 4.90 Å². The lowest BCUT2D eigenvalue weighted by Gasteiger charge is -2.26. The summed E-state index contributed by atoms with van der Waals surface area (Å²) in [7, 11) is 1.63. The summed E-state index contributed by atoms with van der Waals surface area (Å²) in [5.41, 5.74) is 0. The van der Waals surface area contributed by atoms with Crippen molar-refractivity contribution in [3.63, 3.8) is 0 Å². The van der Waals surface area contributed by atoms with Gasteiger partial charge in [-0.3, -0.25) is 4.90 Å². The lowest BCUT2D eigenvalue weighted by molar-refractivity contribution is 0.0290. The number of benzene rings is 1. The number of methoxy groups -OCH3 is 1. The molecule has 1 fully saturated rings. The molecule has 1 aromatic carbocycles. The molecular weight excluding hydrogens is 334 g/mol. The number of hydrogen-bond acceptors (Lipinski definition) is 6. The van der Waals surface area contributed by atoms with E-state index in [1.54, 1.807) is 13.4 Å². The van der Waals surface area contributed by atoms with E-state index in [4.69, 9.17) is 18.6 Å². The highest BCUT2D eigenvalue weighted by atomic mass is 16.5. The van der Waals surface area contributed by atoms with Gasteiger partial charge in [0.1, 0.15) is 30.0 Å². The van der Waals surface area contributed by atoms with Crippen LogP contribution in [0.1, 0.15) is 18.6 Å². The van der Waals surface area contributed by atoms with Crippen LogP contribution in [0.5, 0.6) is 11.5 Å². The molecule has 3 rings (SSSR count). The lowest BCUT2D eigenvalue weighted by Crippen LogP contribution is -2.39. The first kappa shape index (κ1) is 18.8. The van der Waals surface area contributed by atoms with E-state index in [-0.39, 0.29) is 12.7 Å². The zero-order valence-electron chi connectivity index (χ0n) is 15.2. The SMILES string of the molecule is COc1ccc(OCC(O)CN(Cc2ccco2)CC2CCCO2)cc1. The summed E-state index contributed by atoms with van der Waals surface area (Å²) in [4.78, 5) is 2.16. The molecule has 1 aromatic heterocycles. The molecule has 2 aromatic rings. The van der Waals surface area contributed by atoms with Crippen LogP contribution < -0.4 is 9.47 Å². The van der Waals surface area contributed by atoms with Crippen molar-refractivity contribution < 1.29 is 23.7 Å². The van der Waals surface area contributed by atoms with Gasteiger partial charge in [-0.2, -0.15) is 0 Å². The van der Waals surface area contributed by atoms with Crippen LogP contribution in [-0.2, 0) is 11.3 Å². The lowest BCUT2D eigenvalue weighted by atomic mass is 10.2. The molecule has 0 spiro atoms. The van der Waals surface area contributed by atoms with Crippen molar-refractivity contribution in [2.45, 2.75) is 31.6 Å². The third kappa shape index (κ3) is 5.76. The first-order valence-electron chi connectivity index (χ1n) is 9.04. The Morgan fingerprint density at radius 1 is 1.23 bits per heavy atom. The summed E-state index contributed by atoms with van der Waals surface area (Å²) >= 11 is 0. The van der Waals surface area contributed by atoms with E-state index in [0.717, 1.165) is 37.5 Å². The number of hydrogen-bond donors (Lipinski definition) is 1. The van der Waals surface area contributed by atoms with Crippen molar-refractivity contribution in [3.05, 3.63) is 48.4 Å². The van der Waals surface area contributed by atoms with Gasteiger partial charge in [-0.15, -0.1) is 0 Å². The second-order valence-corrected chi connectivity index (χ2v) is 6.55. The van der Waals surface area contributed by atoms with Crippen LogP contribution in [0.4, 0.5) is 0 Å². The van der Waals surface area contributed by atoms with Gasteiger partial charge in [0.25, 0.3) is 0 Å². The van der Waals surface area contributed by atoms with Gasteiger partial charge in [-0.05, 0) is 49.2 Å². The van der Waals surface area contributed by atoms with Crippen molar-refractivity contribution in [3.8, 4) is 11.5 Å². The second-order valence-electron chi connectivity index (χ2n) is 6.55. The average molecular weight is 361 g/mol. The van der Waals surface area contributed by atoms with Gasteiger partial charge in [0.05, 0.1) is 26.0 Å². The summed E-state index contributed by atoms with van der Waals surface area (Å²) in [5.74, 6) is 2.37. The van der Waals surface area contributed by atoms with Crippen LogP contribution in [0.3, 0.4) is 0 Å². The molecule has 2 atom stereocenters. The van der Waals surface area contributed by atoms with E-state index < -0.39 is 6.10 Å². The molecule has 0 radical (unpaired) electrons. The molecule has 0 aliphatic carbocycles. The maximum absolute atomic E-state index is 10.4. The largest absolute Gasteiger partial charge is 0.497 e. The van der Waals surface area contributed by atoms with Crippen LogP contribution in [0, 0.1) is 0 Å². The molecule has 0 bridgehead atoms. The molecule has 1 aliphatic rings. The molecule has 1 N–H and O–H groups in total. The standard InChI is InChI=1S/C20H27NO5/c1-23-17-6-8-18(9-7-17)26-15-16(22)12-21(13-19-4-2-10-24-19)14-20-5-3-11-25-20/h2,4,6-10,16,20,22H,3,5,11-15H2,1H3. The Balaban J connectivity index is 1.50. The molecule has 6 heteroatoms. The van der Waals surface area contributed by atoms with E-state index in [9.17, 15) is 5.11 Å². The van der Waals surface area contributed by atoms with E-state index in [0.29, 0.717) is 18.8 Å². The average Bonchev–Trinajstić information content (AvgIpc) is 3.34. The number of nitrogens with zero attached hydrogens (tertiary/aromatic N) is 1. The fraction of sp³-hybridized carbons (Fsp3) is 0.500. The maximum atomic E-state index is 10.4. The Morgan fingerprint density at radius 2 is 2.04 bits per heavy atom. The smallest absolute Gasteiger partial charge is 0.119 e. The Hall–Kier alpha value is -2.02. The minimum atomic E-state index is -0.603. The Labute approximate surface area is 154 Å². The number of rotatable bonds is 10. The maximum Gasteiger partial charge on any atom is 0.119 e. The minimum Gasteiger partial charge on any atom is -0.497 e. The monoisotopic (exact) mass is 361 g/mol. The first-order chi connectivity index (χ1) is 12.7. The number of ether oxygens (including phenoxy) is 3. The molecular formula is C20H27NO5. The molecule has 2 unspecified atom stereocenters. The van der Waals surface area contributed by atoms with E-state index in [1.807, 2.05) is 36.4 Å². The van der Waals surface area contributed by atoms with Gasteiger partial charge in [0, 0.05) is 19.7 Å². The fourth-order valence-corrected chi connectivity index (χ4v) is 3.12. The molecule has 1 saturated heterocycles. The van der Waals surface area contributed by atoms with Crippen LogP contribution in [0.15, 0.2) is 47.1 Å². The Bertz CT molecular complexity index is 622. The van der Waals surface area contributed by atoms with Gasteiger partial charge < -0.3 is 23.7 Å². The third-order valence-electron chi connectivity index (χ3n) is 4.42. The van der Waals surface area contributed by atoms with E-state index >= 15 is 0 Å². The van der Waals surface area contributed by atoms with Crippen molar-refractivity contribution in [1.82, 2.24) is 4.90 Å². The molecule has 0 saturated carbocycles. The van der Waals surface area contributed by atoms with Crippen LogP contribution >= 0.6 is 0 Å². The Kier molecular flexibility index (Phi) is 6.94. The number of aliphatic hydroxyl groups is 1. The topological polar surface area (TPSA) is 64.3 Å². The summed E-state index contributed by atoms with van der Waals surface area (Å²) in [6.45, 7) is 2.97. The quantitative estimate of drug-likeness (QED) is 0.702. The first-order valence-corrected chi connectivity index (χ1v) is 9.04. The molecule has 6 nitrogen and oxygen atoms in total. The highest BCUT2D eigenvalue weighted by molar-refractivity contribution is 5.31. The van der Waals surface area contributed by atoms with Crippen LogP contribution in [-0.4, -0.2) is 55.6 Å². The van der Waals surface area contributed by atoms with Crippen molar-refractivity contribution >= 4 is 0 Å². The molecule has 1 aliphatic heterocycles. The second kappa shape index (κ2) is 9.62. The summed E-state index contributed by atoms with van der Waals surface area (Å²) < 4.78 is 22.0. The van der Waals surface area contributed by atoms with Crippen molar-refractivity contribution in [2.24, 2.45) is 0 Å². The van der Waals surface area contributed by atoms with Crippen molar-refractivity contribution in [2.75, 3.05) is 33.4 Å². The minimum absolute atomic E-state index is 0.222. The molecule has 2 heterocycles. The van der Waals surface area contributed by atoms with Gasteiger partial charge in [0.2, 0.25) is 0 Å².